The second-order valence-electron chi connectivity index (χ2n) is 4.07. The molecule has 0 aliphatic rings. The Morgan fingerprint density at radius 1 is 0.842 bits per heavy atom. The zero-order chi connectivity index (χ0) is 13.7. The Bertz CT molecular complexity index is 577. The van der Waals surface area contributed by atoms with Crippen molar-refractivity contribution >= 4 is 5.57 Å². The molecule has 0 N–H and O–H groups in total. The van der Waals surface area contributed by atoms with Crippen LogP contribution in [0.4, 0.5) is 8.78 Å². The van der Waals surface area contributed by atoms with Crippen molar-refractivity contribution in [2.75, 3.05) is 0 Å². The molecule has 0 aromatic heterocycles. The Morgan fingerprint density at radius 2 is 1.32 bits per heavy atom. The molecule has 0 radical (unpaired) electrons. The molecule has 19 heavy (non-hydrogen) atoms. The number of allylic oxidation sites excluding steroid dienone is 3. The highest BCUT2D eigenvalue weighted by Gasteiger charge is 2.12. The topological polar surface area (TPSA) is 0 Å². The second-order valence-corrected chi connectivity index (χ2v) is 4.07. The van der Waals surface area contributed by atoms with Gasteiger partial charge < -0.3 is 0 Å². The van der Waals surface area contributed by atoms with E-state index < -0.39 is 0 Å². The monoisotopic (exact) mass is 256 g/mol. The van der Waals surface area contributed by atoms with Crippen molar-refractivity contribution in [3.05, 3.63) is 89.5 Å². The molecule has 0 atom stereocenters. The van der Waals surface area contributed by atoms with Crippen molar-refractivity contribution in [1.29, 1.82) is 0 Å². The van der Waals surface area contributed by atoms with E-state index in [9.17, 15) is 8.78 Å². The molecule has 0 bridgehead atoms. The van der Waals surface area contributed by atoms with Gasteiger partial charge in [-0.3, -0.25) is 0 Å². The van der Waals surface area contributed by atoms with E-state index in [1.54, 1.807) is 48.6 Å². The van der Waals surface area contributed by atoms with E-state index in [0.717, 1.165) is 0 Å². The minimum atomic E-state index is -0.360. The van der Waals surface area contributed by atoms with Crippen molar-refractivity contribution in [1.82, 2.24) is 0 Å². The average Bonchev–Trinajstić information content (AvgIpc) is 2.42. The fraction of sp³-hybridized carbons (Fsp3) is 0.0588. The first kappa shape index (κ1) is 13.2. The molecule has 0 saturated heterocycles. The summed E-state index contributed by atoms with van der Waals surface area (Å²) in [4.78, 5) is 0. The number of benzene rings is 2. The Morgan fingerprint density at radius 3 is 1.74 bits per heavy atom. The Labute approximate surface area is 111 Å². The van der Waals surface area contributed by atoms with Crippen LogP contribution in [0.3, 0.4) is 0 Å². The third-order valence-corrected chi connectivity index (χ3v) is 2.78. The van der Waals surface area contributed by atoms with Crippen LogP contribution in [0.2, 0.25) is 0 Å². The Hall–Kier alpha value is -2.22. The van der Waals surface area contributed by atoms with Gasteiger partial charge in [0.25, 0.3) is 0 Å². The summed E-state index contributed by atoms with van der Waals surface area (Å²) in [5, 5.41) is 0. The number of rotatable bonds is 3. The fourth-order valence-electron chi connectivity index (χ4n) is 1.88. The molecule has 2 rings (SSSR count). The van der Waals surface area contributed by atoms with E-state index in [4.69, 9.17) is 0 Å². The maximum Gasteiger partial charge on any atom is 0.131 e. The maximum absolute atomic E-state index is 13.9. The number of hydrogen-bond donors (Lipinski definition) is 0. The van der Waals surface area contributed by atoms with Crippen LogP contribution in [0.25, 0.3) is 5.57 Å². The van der Waals surface area contributed by atoms with Gasteiger partial charge in [0.05, 0.1) is 0 Å². The molecule has 0 amide bonds. The highest BCUT2D eigenvalue weighted by atomic mass is 19.1. The highest BCUT2D eigenvalue weighted by molar-refractivity contribution is 5.81. The molecule has 0 unspecified atom stereocenters. The molecule has 0 spiro atoms. The van der Waals surface area contributed by atoms with Gasteiger partial charge in [-0.15, -0.1) is 0 Å². The summed E-state index contributed by atoms with van der Waals surface area (Å²) in [6.07, 6.45) is 5.31. The summed E-state index contributed by atoms with van der Waals surface area (Å²) in [5.74, 6) is -0.719. The zero-order valence-corrected chi connectivity index (χ0v) is 10.6. The van der Waals surface area contributed by atoms with Gasteiger partial charge >= 0.3 is 0 Å². The van der Waals surface area contributed by atoms with E-state index in [2.05, 4.69) is 0 Å². The molecule has 2 aromatic rings. The van der Waals surface area contributed by atoms with Crippen molar-refractivity contribution in [3.8, 4) is 0 Å². The Kier molecular flexibility index (Phi) is 4.24. The summed E-state index contributed by atoms with van der Waals surface area (Å²) in [5.41, 5.74) is 1.32. The van der Waals surface area contributed by atoms with E-state index in [0.29, 0.717) is 16.7 Å². The van der Waals surface area contributed by atoms with Crippen LogP contribution < -0.4 is 0 Å². The molecule has 96 valence electrons. The number of halogens is 2. The first-order valence-electron chi connectivity index (χ1n) is 6.07. The van der Waals surface area contributed by atoms with Crippen LogP contribution in [0.1, 0.15) is 18.1 Å². The van der Waals surface area contributed by atoms with Crippen molar-refractivity contribution in [2.24, 2.45) is 0 Å². The van der Waals surface area contributed by atoms with Crippen LogP contribution in [0, 0.1) is 11.6 Å². The smallest absolute Gasteiger partial charge is 0.131 e. The van der Waals surface area contributed by atoms with E-state index >= 15 is 0 Å². The highest BCUT2D eigenvalue weighted by Crippen LogP contribution is 2.27. The molecule has 0 saturated carbocycles. The van der Waals surface area contributed by atoms with Crippen LogP contribution in [-0.4, -0.2) is 0 Å². The normalized spacial score (nSPS) is 10.7. The van der Waals surface area contributed by atoms with Crippen molar-refractivity contribution in [3.63, 3.8) is 0 Å². The quantitative estimate of drug-likeness (QED) is 0.680. The minimum Gasteiger partial charge on any atom is -0.206 e. The summed E-state index contributed by atoms with van der Waals surface area (Å²) >= 11 is 0. The average molecular weight is 256 g/mol. The summed E-state index contributed by atoms with van der Waals surface area (Å²) in [6, 6.07) is 12.8. The predicted octanol–water partition coefficient (Wildman–Crippen LogP) is 4.97. The van der Waals surface area contributed by atoms with Crippen LogP contribution in [0.5, 0.6) is 0 Å². The van der Waals surface area contributed by atoms with Crippen molar-refractivity contribution < 1.29 is 8.78 Å². The van der Waals surface area contributed by atoms with Gasteiger partial charge in [-0.25, -0.2) is 8.78 Å². The largest absolute Gasteiger partial charge is 0.206 e. The van der Waals surface area contributed by atoms with Gasteiger partial charge in [0.15, 0.2) is 0 Å². The molecule has 2 heteroatoms. The molecule has 0 nitrogen and oxygen atoms in total. The van der Waals surface area contributed by atoms with Gasteiger partial charge in [0, 0.05) is 11.1 Å². The minimum absolute atomic E-state index is 0.360. The van der Waals surface area contributed by atoms with Crippen molar-refractivity contribution in [2.45, 2.75) is 6.92 Å². The lowest BCUT2D eigenvalue weighted by molar-refractivity contribution is 0.618. The summed E-state index contributed by atoms with van der Waals surface area (Å²) in [7, 11) is 0. The van der Waals surface area contributed by atoms with E-state index in [1.807, 2.05) is 13.0 Å². The van der Waals surface area contributed by atoms with E-state index in [1.165, 1.54) is 12.1 Å². The van der Waals surface area contributed by atoms with Gasteiger partial charge in [-0.1, -0.05) is 54.6 Å². The third kappa shape index (κ3) is 2.97. The first-order valence-corrected chi connectivity index (χ1v) is 6.07. The Balaban J connectivity index is 2.62. The maximum atomic E-state index is 13.9. The van der Waals surface area contributed by atoms with Gasteiger partial charge in [-0.05, 0) is 24.6 Å². The van der Waals surface area contributed by atoms with Gasteiger partial charge in [0.2, 0.25) is 0 Å². The summed E-state index contributed by atoms with van der Waals surface area (Å²) in [6.45, 7) is 1.86. The molecule has 0 aliphatic heterocycles. The summed E-state index contributed by atoms with van der Waals surface area (Å²) < 4.78 is 27.8. The zero-order valence-electron chi connectivity index (χ0n) is 10.6. The van der Waals surface area contributed by atoms with Crippen LogP contribution >= 0.6 is 0 Å². The molecule has 0 aliphatic carbocycles. The number of hydrogen-bond acceptors (Lipinski definition) is 0. The second kappa shape index (κ2) is 6.10. The molecular weight excluding hydrogens is 242 g/mol. The molecule has 2 aromatic carbocycles. The van der Waals surface area contributed by atoms with E-state index in [-0.39, 0.29) is 11.6 Å². The molecular formula is C17H14F2. The SMILES string of the molecule is C/C=C\C=C(c1ccccc1F)c1ccccc1F. The predicted molar refractivity (Wildman–Crippen MR) is 74.7 cm³/mol. The molecule has 0 heterocycles. The first-order chi connectivity index (χ1) is 9.24. The van der Waals surface area contributed by atoms with Gasteiger partial charge in [-0.2, -0.15) is 0 Å². The lowest BCUT2D eigenvalue weighted by Crippen LogP contribution is -1.94. The lowest BCUT2D eigenvalue weighted by Gasteiger charge is -2.09. The third-order valence-electron chi connectivity index (χ3n) is 2.78. The van der Waals surface area contributed by atoms with Crippen LogP contribution in [0.15, 0.2) is 66.8 Å². The standard InChI is InChI=1S/C17H14F2/c1-2-3-8-13(14-9-4-6-11-16(14)18)15-10-5-7-12-17(15)19/h2-12H,1H3/b3-2-. The molecule has 0 fully saturated rings. The fourth-order valence-corrected chi connectivity index (χ4v) is 1.88. The van der Waals surface area contributed by atoms with Gasteiger partial charge in [0.1, 0.15) is 11.6 Å². The lowest BCUT2D eigenvalue weighted by atomic mass is 9.96. The van der Waals surface area contributed by atoms with Crippen LogP contribution in [-0.2, 0) is 0 Å².